The summed E-state index contributed by atoms with van der Waals surface area (Å²) in [5.74, 6) is -4.68. The topological polar surface area (TPSA) is 58.1 Å². The maximum Gasteiger partial charge on any atom is 0.258 e. The van der Waals surface area contributed by atoms with Crippen molar-refractivity contribution in [1.82, 2.24) is 9.97 Å². The summed E-state index contributed by atoms with van der Waals surface area (Å²) in [6, 6.07) is 9.83. The SMILES string of the molecule is O=C(Nc1ccc(F)c(F)c1F)c1cnc(N2CCc3ccccc3C2)nc1. The molecular weight excluding hydrogens is 369 g/mol. The fourth-order valence-corrected chi connectivity index (χ4v) is 3.09. The third-order valence-corrected chi connectivity index (χ3v) is 4.60. The Bertz CT molecular complexity index is 1040. The van der Waals surface area contributed by atoms with Gasteiger partial charge in [-0.15, -0.1) is 0 Å². The molecule has 142 valence electrons. The third-order valence-electron chi connectivity index (χ3n) is 4.60. The fourth-order valence-electron chi connectivity index (χ4n) is 3.09. The number of anilines is 2. The van der Waals surface area contributed by atoms with Gasteiger partial charge in [0.25, 0.3) is 5.91 Å². The summed E-state index contributed by atoms with van der Waals surface area (Å²) in [7, 11) is 0. The summed E-state index contributed by atoms with van der Waals surface area (Å²) in [4.78, 5) is 22.7. The van der Waals surface area contributed by atoms with Gasteiger partial charge in [0.15, 0.2) is 17.5 Å². The maximum atomic E-state index is 13.7. The van der Waals surface area contributed by atoms with Crippen molar-refractivity contribution in [3.63, 3.8) is 0 Å². The van der Waals surface area contributed by atoms with Gasteiger partial charge in [0.1, 0.15) is 0 Å². The Labute approximate surface area is 158 Å². The van der Waals surface area contributed by atoms with Gasteiger partial charge in [-0.25, -0.2) is 23.1 Å². The van der Waals surface area contributed by atoms with Crippen molar-refractivity contribution < 1.29 is 18.0 Å². The molecule has 1 aromatic heterocycles. The first-order valence-electron chi connectivity index (χ1n) is 8.61. The Balaban J connectivity index is 1.48. The number of benzene rings is 2. The van der Waals surface area contributed by atoms with E-state index in [1.54, 1.807) is 0 Å². The Morgan fingerprint density at radius 2 is 1.68 bits per heavy atom. The molecule has 1 aliphatic heterocycles. The number of nitrogens with zero attached hydrogens (tertiary/aromatic N) is 3. The first-order valence-corrected chi connectivity index (χ1v) is 8.61. The molecule has 0 saturated heterocycles. The van der Waals surface area contributed by atoms with Gasteiger partial charge in [-0.1, -0.05) is 24.3 Å². The average Bonchev–Trinajstić information content (AvgIpc) is 2.74. The van der Waals surface area contributed by atoms with Crippen LogP contribution in [-0.4, -0.2) is 22.4 Å². The molecule has 28 heavy (non-hydrogen) atoms. The van der Waals surface area contributed by atoms with Crippen LogP contribution in [0.25, 0.3) is 0 Å². The number of amides is 1. The average molecular weight is 384 g/mol. The molecule has 0 unspecified atom stereocenters. The Kier molecular flexibility index (Phi) is 4.68. The first kappa shape index (κ1) is 18.0. The highest BCUT2D eigenvalue weighted by Gasteiger charge is 2.19. The van der Waals surface area contributed by atoms with Gasteiger partial charge >= 0.3 is 0 Å². The van der Waals surface area contributed by atoms with E-state index in [1.165, 1.54) is 23.5 Å². The van der Waals surface area contributed by atoms with Crippen LogP contribution in [0.5, 0.6) is 0 Å². The van der Waals surface area contributed by atoms with E-state index in [-0.39, 0.29) is 5.56 Å². The zero-order valence-corrected chi connectivity index (χ0v) is 14.6. The number of rotatable bonds is 3. The summed E-state index contributed by atoms with van der Waals surface area (Å²) in [6.45, 7) is 1.42. The molecular formula is C20H15F3N4O. The molecule has 1 amide bonds. The third kappa shape index (κ3) is 3.40. The van der Waals surface area contributed by atoms with Crippen molar-refractivity contribution in [1.29, 1.82) is 0 Å². The predicted molar refractivity (Wildman–Crippen MR) is 97.5 cm³/mol. The highest BCUT2D eigenvalue weighted by Crippen LogP contribution is 2.22. The standard InChI is InChI=1S/C20H15F3N4O/c21-15-5-6-16(18(23)17(15)22)26-19(28)14-9-24-20(25-10-14)27-8-7-12-3-1-2-4-13(12)11-27/h1-6,9-10H,7-8,11H2,(H,26,28). The molecule has 2 heterocycles. The zero-order valence-electron chi connectivity index (χ0n) is 14.6. The van der Waals surface area contributed by atoms with Crippen LogP contribution in [0.3, 0.4) is 0 Å². The van der Waals surface area contributed by atoms with E-state index in [9.17, 15) is 18.0 Å². The van der Waals surface area contributed by atoms with Gasteiger partial charge in [-0.05, 0) is 29.7 Å². The smallest absolute Gasteiger partial charge is 0.258 e. The van der Waals surface area contributed by atoms with Crippen LogP contribution in [0.15, 0.2) is 48.8 Å². The number of carbonyl (C=O) groups is 1. The highest BCUT2D eigenvalue weighted by atomic mass is 19.2. The van der Waals surface area contributed by atoms with E-state index in [4.69, 9.17) is 0 Å². The van der Waals surface area contributed by atoms with Gasteiger partial charge in [0.05, 0.1) is 11.3 Å². The summed E-state index contributed by atoms with van der Waals surface area (Å²) < 4.78 is 40.0. The van der Waals surface area contributed by atoms with Crippen molar-refractivity contribution in [2.75, 3.05) is 16.8 Å². The monoisotopic (exact) mass is 384 g/mol. The number of hydrogen-bond donors (Lipinski definition) is 1. The molecule has 0 fully saturated rings. The molecule has 0 bridgehead atoms. The van der Waals surface area contributed by atoms with E-state index < -0.39 is 29.0 Å². The lowest BCUT2D eigenvalue weighted by Crippen LogP contribution is -2.31. The Hall–Kier alpha value is -3.42. The van der Waals surface area contributed by atoms with E-state index in [0.717, 1.165) is 25.1 Å². The molecule has 0 radical (unpaired) electrons. The summed E-state index contributed by atoms with van der Waals surface area (Å²) >= 11 is 0. The van der Waals surface area contributed by atoms with Crippen LogP contribution in [-0.2, 0) is 13.0 Å². The summed E-state index contributed by atoms with van der Waals surface area (Å²) in [5.41, 5.74) is 2.11. The molecule has 0 atom stereocenters. The van der Waals surface area contributed by atoms with Gasteiger partial charge < -0.3 is 10.2 Å². The number of nitrogens with one attached hydrogen (secondary N) is 1. The van der Waals surface area contributed by atoms with Crippen LogP contribution in [0, 0.1) is 17.5 Å². The normalized spacial score (nSPS) is 13.2. The lowest BCUT2D eigenvalue weighted by atomic mass is 10.0. The van der Waals surface area contributed by atoms with E-state index in [2.05, 4.69) is 27.4 Å². The van der Waals surface area contributed by atoms with Gasteiger partial charge in [0.2, 0.25) is 5.95 Å². The lowest BCUT2D eigenvalue weighted by Gasteiger charge is -2.28. The molecule has 0 saturated carbocycles. The second kappa shape index (κ2) is 7.30. The second-order valence-electron chi connectivity index (χ2n) is 6.39. The quantitative estimate of drug-likeness (QED) is 0.700. The van der Waals surface area contributed by atoms with Crippen molar-refractivity contribution in [2.45, 2.75) is 13.0 Å². The van der Waals surface area contributed by atoms with Gasteiger partial charge in [0, 0.05) is 25.5 Å². The van der Waals surface area contributed by atoms with Crippen LogP contribution < -0.4 is 10.2 Å². The highest BCUT2D eigenvalue weighted by molar-refractivity contribution is 6.03. The second-order valence-corrected chi connectivity index (χ2v) is 6.39. The van der Waals surface area contributed by atoms with Crippen molar-refractivity contribution in [3.8, 4) is 0 Å². The van der Waals surface area contributed by atoms with E-state index in [0.29, 0.717) is 12.5 Å². The van der Waals surface area contributed by atoms with Crippen molar-refractivity contribution in [3.05, 3.63) is 82.9 Å². The minimum atomic E-state index is -1.64. The van der Waals surface area contributed by atoms with Crippen molar-refractivity contribution in [2.24, 2.45) is 0 Å². The number of halogens is 3. The zero-order chi connectivity index (χ0) is 19.7. The molecule has 0 spiro atoms. The van der Waals surface area contributed by atoms with E-state index >= 15 is 0 Å². The summed E-state index contributed by atoms with van der Waals surface area (Å²) in [6.07, 6.45) is 3.50. The maximum absolute atomic E-state index is 13.7. The molecule has 8 heteroatoms. The minimum absolute atomic E-state index is 0.0743. The molecule has 5 nitrogen and oxygen atoms in total. The lowest BCUT2D eigenvalue weighted by molar-refractivity contribution is 0.102. The Morgan fingerprint density at radius 1 is 0.964 bits per heavy atom. The molecule has 4 rings (SSSR count). The van der Waals surface area contributed by atoms with Crippen LogP contribution in [0.4, 0.5) is 24.8 Å². The van der Waals surface area contributed by atoms with Gasteiger partial charge in [-0.3, -0.25) is 4.79 Å². The molecule has 1 aliphatic rings. The predicted octanol–water partition coefficient (Wildman–Crippen LogP) is 3.71. The molecule has 1 N–H and O–H groups in total. The first-order chi connectivity index (χ1) is 13.5. The number of hydrogen-bond acceptors (Lipinski definition) is 4. The number of aromatic nitrogens is 2. The van der Waals surface area contributed by atoms with Crippen LogP contribution in [0.2, 0.25) is 0 Å². The largest absolute Gasteiger partial charge is 0.336 e. The molecule has 3 aromatic rings. The fraction of sp³-hybridized carbons (Fsp3) is 0.150. The Morgan fingerprint density at radius 3 is 2.43 bits per heavy atom. The minimum Gasteiger partial charge on any atom is -0.336 e. The van der Waals surface area contributed by atoms with Gasteiger partial charge in [-0.2, -0.15) is 0 Å². The van der Waals surface area contributed by atoms with Crippen molar-refractivity contribution >= 4 is 17.5 Å². The van der Waals surface area contributed by atoms with Crippen LogP contribution in [0.1, 0.15) is 21.5 Å². The van der Waals surface area contributed by atoms with Crippen LogP contribution >= 0.6 is 0 Å². The summed E-state index contributed by atoms with van der Waals surface area (Å²) in [5, 5.41) is 2.19. The molecule has 0 aliphatic carbocycles. The molecule has 2 aromatic carbocycles. The number of carbonyl (C=O) groups excluding carboxylic acids is 1. The van der Waals surface area contributed by atoms with E-state index in [1.807, 2.05) is 17.0 Å². The number of fused-ring (bicyclic) bond motifs is 1.